The van der Waals surface area contributed by atoms with Crippen LogP contribution in [0.5, 0.6) is 0 Å². The fourth-order valence-corrected chi connectivity index (χ4v) is 3.21. The molecule has 1 heterocycles. The molecule has 0 saturated carbocycles. The number of nitro groups is 1. The van der Waals surface area contributed by atoms with Gasteiger partial charge < -0.3 is 5.32 Å². The minimum absolute atomic E-state index is 0.144. The Labute approximate surface area is 150 Å². The average Bonchev–Trinajstić information content (AvgIpc) is 2.60. The number of nitrogens with one attached hydrogen (secondary N) is 1. The molecule has 0 aromatic heterocycles. The Morgan fingerprint density at radius 2 is 1.88 bits per heavy atom. The van der Waals surface area contributed by atoms with Gasteiger partial charge in [-0.15, -0.1) is 0 Å². The maximum atomic E-state index is 13.2. The molecule has 0 bridgehead atoms. The Hall–Kier alpha value is -2.18. The van der Waals surface area contributed by atoms with Crippen molar-refractivity contribution >= 4 is 23.0 Å². The van der Waals surface area contributed by atoms with Crippen LogP contribution in [-0.2, 0) is 6.54 Å². The predicted molar refractivity (Wildman–Crippen MR) is 96.4 cm³/mol. The maximum Gasteiger partial charge on any atom is 0.295 e. The molecule has 0 unspecified atom stereocenters. The third kappa shape index (κ3) is 4.67. The number of hydrogen-bond donors (Lipinski definition) is 1. The summed E-state index contributed by atoms with van der Waals surface area (Å²) in [6.45, 7) is 2.66. The molecule has 3 rings (SSSR count). The second-order valence-corrected chi connectivity index (χ2v) is 6.68. The van der Waals surface area contributed by atoms with Crippen molar-refractivity contribution in [1.29, 1.82) is 0 Å². The number of benzene rings is 2. The Morgan fingerprint density at radius 3 is 2.52 bits per heavy atom. The highest BCUT2D eigenvalue weighted by molar-refractivity contribution is 6.30. The van der Waals surface area contributed by atoms with Crippen LogP contribution >= 0.6 is 11.6 Å². The SMILES string of the molecule is O=[N+]([O-])c1cc(F)ccc1NC1CCN(Cc2ccc(Cl)cc2)CC1. The molecule has 1 fully saturated rings. The van der Waals surface area contributed by atoms with Crippen molar-refractivity contribution in [2.75, 3.05) is 18.4 Å². The molecule has 5 nitrogen and oxygen atoms in total. The number of nitro benzene ring substituents is 1. The van der Waals surface area contributed by atoms with E-state index in [0.717, 1.165) is 43.6 Å². The topological polar surface area (TPSA) is 58.4 Å². The average molecular weight is 364 g/mol. The van der Waals surface area contributed by atoms with Crippen molar-refractivity contribution in [1.82, 2.24) is 4.90 Å². The molecule has 1 saturated heterocycles. The quantitative estimate of drug-likeness (QED) is 0.629. The molecule has 7 heteroatoms. The van der Waals surface area contributed by atoms with E-state index in [1.165, 1.54) is 17.7 Å². The third-order valence-corrected chi connectivity index (χ3v) is 4.68. The lowest BCUT2D eigenvalue weighted by molar-refractivity contribution is -0.384. The number of anilines is 1. The van der Waals surface area contributed by atoms with Gasteiger partial charge in [-0.25, -0.2) is 4.39 Å². The van der Waals surface area contributed by atoms with Crippen molar-refractivity contribution in [3.8, 4) is 0 Å². The Balaban J connectivity index is 1.56. The summed E-state index contributed by atoms with van der Waals surface area (Å²) >= 11 is 5.90. The van der Waals surface area contributed by atoms with Gasteiger partial charge in [0.05, 0.1) is 11.0 Å². The van der Waals surface area contributed by atoms with Crippen molar-refractivity contribution in [3.05, 3.63) is 69.0 Å². The fourth-order valence-electron chi connectivity index (χ4n) is 3.08. The van der Waals surface area contributed by atoms with E-state index in [2.05, 4.69) is 10.2 Å². The van der Waals surface area contributed by atoms with Crippen LogP contribution in [0.3, 0.4) is 0 Å². The zero-order valence-electron chi connectivity index (χ0n) is 13.6. The number of hydrogen-bond acceptors (Lipinski definition) is 4. The second-order valence-electron chi connectivity index (χ2n) is 6.24. The summed E-state index contributed by atoms with van der Waals surface area (Å²) < 4.78 is 13.2. The molecule has 2 aromatic carbocycles. The van der Waals surface area contributed by atoms with Gasteiger partial charge in [-0.3, -0.25) is 15.0 Å². The van der Waals surface area contributed by atoms with E-state index in [1.54, 1.807) is 0 Å². The van der Waals surface area contributed by atoms with Crippen molar-refractivity contribution < 1.29 is 9.31 Å². The lowest BCUT2D eigenvalue weighted by atomic mass is 10.0. The zero-order chi connectivity index (χ0) is 17.8. The van der Waals surface area contributed by atoms with Gasteiger partial charge in [-0.2, -0.15) is 0 Å². The van der Waals surface area contributed by atoms with E-state index in [0.29, 0.717) is 5.69 Å². The molecule has 1 aliphatic heterocycles. The van der Waals surface area contributed by atoms with Gasteiger partial charge in [-0.1, -0.05) is 23.7 Å². The van der Waals surface area contributed by atoms with Crippen LogP contribution in [0.4, 0.5) is 15.8 Å². The molecule has 2 aromatic rings. The molecule has 132 valence electrons. The minimum Gasteiger partial charge on any atom is -0.377 e. The van der Waals surface area contributed by atoms with Crippen LogP contribution in [-0.4, -0.2) is 29.0 Å². The molecule has 1 N–H and O–H groups in total. The van der Waals surface area contributed by atoms with Gasteiger partial charge in [0.25, 0.3) is 5.69 Å². The van der Waals surface area contributed by atoms with Gasteiger partial charge in [0.2, 0.25) is 0 Å². The number of likely N-dealkylation sites (tertiary alicyclic amines) is 1. The number of piperidine rings is 1. The maximum absolute atomic E-state index is 13.2. The van der Waals surface area contributed by atoms with Crippen molar-refractivity contribution in [2.45, 2.75) is 25.4 Å². The molecule has 0 radical (unpaired) electrons. The monoisotopic (exact) mass is 363 g/mol. The number of rotatable bonds is 5. The summed E-state index contributed by atoms with van der Waals surface area (Å²) in [5, 5.41) is 15.0. The number of nitrogens with zero attached hydrogens (tertiary/aromatic N) is 2. The Morgan fingerprint density at radius 1 is 1.20 bits per heavy atom. The van der Waals surface area contributed by atoms with Crippen LogP contribution in [0.25, 0.3) is 0 Å². The zero-order valence-corrected chi connectivity index (χ0v) is 14.4. The van der Waals surface area contributed by atoms with Gasteiger partial charge in [0.1, 0.15) is 11.5 Å². The molecule has 0 spiro atoms. The van der Waals surface area contributed by atoms with Crippen molar-refractivity contribution in [2.24, 2.45) is 0 Å². The summed E-state index contributed by atoms with van der Waals surface area (Å²) in [6, 6.07) is 11.6. The largest absolute Gasteiger partial charge is 0.377 e. The van der Waals surface area contributed by atoms with E-state index < -0.39 is 10.7 Å². The first-order valence-electron chi connectivity index (χ1n) is 8.18. The van der Waals surface area contributed by atoms with E-state index in [1.807, 2.05) is 24.3 Å². The lowest BCUT2D eigenvalue weighted by Gasteiger charge is -2.32. The van der Waals surface area contributed by atoms with Gasteiger partial charge in [0.15, 0.2) is 0 Å². The van der Waals surface area contributed by atoms with E-state index in [4.69, 9.17) is 11.6 Å². The highest BCUT2D eigenvalue weighted by Gasteiger charge is 2.22. The highest BCUT2D eigenvalue weighted by Crippen LogP contribution is 2.27. The fraction of sp³-hybridized carbons (Fsp3) is 0.333. The summed E-state index contributed by atoms with van der Waals surface area (Å²) in [7, 11) is 0. The van der Waals surface area contributed by atoms with E-state index in [-0.39, 0.29) is 11.7 Å². The van der Waals surface area contributed by atoms with Crippen LogP contribution in [0.15, 0.2) is 42.5 Å². The van der Waals surface area contributed by atoms with E-state index in [9.17, 15) is 14.5 Å². The molecule has 0 aliphatic carbocycles. The van der Waals surface area contributed by atoms with Gasteiger partial charge in [0, 0.05) is 30.7 Å². The van der Waals surface area contributed by atoms with E-state index >= 15 is 0 Å². The van der Waals surface area contributed by atoms with Gasteiger partial charge in [-0.05, 0) is 42.7 Å². The molecular formula is C18H19ClFN3O2. The molecular weight excluding hydrogens is 345 g/mol. The van der Waals surface area contributed by atoms with Crippen LogP contribution < -0.4 is 5.32 Å². The van der Waals surface area contributed by atoms with Gasteiger partial charge >= 0.3 is 0 Å². The summed E-state index contributed by atoms with van der Waals surface area (Å²) in [6.07, 6.45) is 1.75. The first-order chi connectivity index (χ1) is 12.0. The van der Waals surface area contributed by atoms with Crippen LogP contribution in [0.1, 0.15) is 18.4 Å². The summed E-state index contributed by atoms with van der Waals surface area (Å²) in [5.41, 5.74) is 1.37. The normalized spacial score (nSPS) is 15.9. The Kier molecular flexibility index (Phi) is 5.50. The standard InChI is InChI=1S/C18H19ClFN3O2/c19-14-3-1-13(2-4-14)12-22-9-7-16(8-10-22)21-17-6-5-15(20)11-18(17)23(24)25/h1-6,11,16,21H,7-10,12H2. The second kappa shape index (κ2) is 7.80. The Bertz CT molecular complexity index is 746. The van der Waals surface area contributed by atoms with Crippen LogP contribution in [0, 0.1) is 15.9 Å². The first kappa shape index (κ1) is 17.6. The van der Waals surface area contributed by atoms with Crippen LogP contribution in [0.2, 0.25) is 5.02 Å². The molecule has 25 heavy (non-hydrogen) atoms. The summed E-state index contributed by atoms with van der Waals surface area (Å²) in [4.78, 5) is 12.9. The predicted octanol–water partition coefficient (Wildman–Crippen LogP) is 4.46. The minimum atomic E-state index is -0.602. The molecule has 1 aliphatic rings. The third-order valence-electron chi connectivity index (χ3n) is 4.42. The number of halogens is 2. The first-order valence-corrected chi connectivity index (χ1v) is 8.56. The smallest absolute Gasteiger partial charge is 0.295 e. The molecule has 0 amide bonds. The lowest BCUT2D eigenvalue weighted by Crippen LogP contribution is -2.38. The molecule has 0 atom stereocenters. The summed E-state index contributed by atoms with van der Waals surface area (Å²) in [5.74, 6) is -0.602. The van der Waals surface area contributed by atoms with Crippen molar-refractivity contribution in [3.63, 3.8) is 0 Å². The highest BCUT2D eigenvalue weighted by atomic mass is 35.5.